The molecule has 0 fully saturated rings. The third kappa shape index (κ3) is 9.27. The largest absolute Gasteiger partial charge is 0.392 e. The molecule has 3 rings (SSSR count). The summed E-state index contributed by atoms with van der Waals surface area (Å²) in [6.45, 7) is 3.33. The summed E-state index contributed by atoms with van der Waals surface area (Å²) >= 11 is 0. The number of rotatable bonds is 4. The molecular weight excluding hydrogens is 456 g/mol. The number of hydrogen-bond donors (Lipinski definition) is 4. The van der Waals surface area contributed by atoms with Crippen molar-refractivity contribution in [2.75, 3.05) is 0 Å². The number of aliphatic hydroxyl groups is 2. The van der Waals surface area contributed by atoms with Crippen molar-refractivity contribution in [3.63, 3.8) is 0 Å². The van der Waals surface area contributed by atoms with Crippen LogP contribution in [0.4, 0.5) is 0 Å². The van der Waals surface area contributed by atoms with Crippen LogP contribution in [0.2, 0.25) is 0 Å². The maximum atomic E-state index is 10.6. The molecule has 0 unspecified atom stereocenters. The molecule has 0 heterocycles. The zero-order valence-corrected chi connectivity index (χ0v) is 19.2. The van der Waals surface area contributed by atoms with Crippen molar-refractivity contribution in [2.24, 2.45) is 0 Å². The van der Waals surface area contributed by atoms with Crippen LogP contribution < -0.4 is 0 Å². The van der Waals surface area contributed by atoms with E-state index in [1.165, 1.54) is 12.1 Å². The van der Waals surface area contributed by atoms with Gasteiger partial charge in [0.25, 0.3) is 20.2 Å². The highest BCUT2D eigenvalue weighted by Gasteiger charge is 2.11. The Kier molecular flexibility index (Phi) is 10.7. The zero-order valence-electron chi connectivity index (χ0n) is 17.6. The highest BCUT2D eigenvalue weighted by molar-refractivity contribution is 7.86. The second kappa shape index (κ2) is 12.4. The van der Waals surface area contributed by atoms with E-state index in [1.54, 1.807) is 56.3 Å². The van der Waals surface area contributed by atoms with Crippen LogP contribution in [-0.2, 0) is 33.5 Å². The van der Waals surface area contributed by atoms with Crippen molar-refractivity contribution in [3.8, 4) is 0 Å². The van der Waals surface area contributed by atoms with Crippen LogP contribution in [0.1, 0.15) is 22.3 Å². The first kappa shape index (κ1) is 27.4. The normalized spacial score (nSPS) is 10.9. The van der Waals surface area contributed by atoms with E-state index in [1.807, 2.05) is 18.2 Å². The first-order valence-corrected chi connectivity index (χ1v) is 12.1. The summed E-state index contributed by atoms with van der Waals surface area (Å²) in [5, 5.41) is 17.4. The summed E-state index contributed by atoms with van der Waals surface area (Å²) in [5.74, 6) is 0. The Labute approximate surface area is 188 Å². The highest BCUT2D eigenvalue weighted by Crippen LogP contribution is 2.13. The van der Waals surface area contributed by atoms with Gasteiger partial charge in [0.05, 0.1) is 23.0 Å². The second-order valence-corrected chi connectivity index (χ2v) is 9.40. The molecule has 0 spiro atoms. The van der Waals surface area contributed by atoms with Crippen LogP contribution in [0.5, 0.6) is 0 Å². The molecule has 0 aromatic heterocycles. The van der Waals surface area contributed by atoms with Gasteiger partial charge in [-0.05, 0) is 48.2 Å². The molecule has 0 bridgehead atoms. The van der Waals surface area contributed by atoms with E-state index in [2.05, 4.69) is 0 Å². The molecule has 0 amide bonds. The lowest BCUT2D eigenvalue weighted by Crippen LogP contribution is -1.99. The Morgan fingerprint density at radius 1 is 0.594 bits per heavy atom. The molecule has 8 nitrogen and oxygen atoms in total. The molecule has 3 aromatic rings. The first-order chi connectivity index (χ1) is 14.9. The molecule has 10 heteroatoms. The Morgan fingerprint density at radius 3 is 1.19 bits per heavy atom. The molecule has 0 aliphatic rings. The van der Waals surface area contributed by atoms with Gasteiger partial charge in [-0.25, -0.2) is 0 Å². The van der Waals surface area contributed by atoms with Crippen LogP contribution in [0, 0.1) is 13.8 Å². The van der Waals surface area contributed by atoms with Crippen molar-refractivity contribution < 1.29 is 36.2 Å². The molecule has 32 heavy (non-hydrogen) atoms. The Balaban J connectivity index is 0.000000240. The van der Waals surface area contributed by atoms with E-state index >= 15 is 0 Å². The molecule has 0 radical (unpaired) electrons. The van der Waals surface area contributed by atoms with E-state index in [4.69, 9.17) is 19.3 Å². The number of aliphatic hydroxyl groups excluding tert-OH is 2. The van der Waals surface area contributed by atoms with Gasteiger partial charge in [0.2, 0.25) is 0 Å². The van der Waals surface area contributed by atoms with Crippen molar-refractivity contribution >= 4 is 20.2 Å². The van der Waals surface area contributed by atoms with Crippen molar-refractivity contribution in [3.05, 3.63) is 95.1 Å². The average Bonchev–Trinajstić information content (AvgIpc) is 2.73. The SMILES string of the molecule is Cc1ccccc1S(=O)(=O)O.Cc1ccccc1S(=O)(=O)O.OCc1cccc(CO)c1. The van der Waals surface area contributed by atoms with Gasteiger partial charge in [-0.1, -0.05) is 60.7 Å². The minimum Gasteiger partial charge on any atom is -0.392 e. The van der Waals surface area contributed by atoms with E-state index in [9.17, 15) is 16.8 Å². The smallest absolute Gasteiger partial charge is 0.294 e. The lowest BCUT2D eigenvalue weighted by Gasteiger charge is -1.99. The van der Waals surface area contributed by atoms with Gasteiger partial charge in [0.15, 0.2) is 0 Å². The molecule has 0 aliphatic heterocycles. The van der Waals surface area contributed by atoms with E-state index in [0.717, 1.165) is 11.1 Å². The third-order valence-electron chi connectivity index (χ3n) is 4.10. The van der Waals surface area contributed by atoms with Crippen molar-refractivity contribution in [1.82, 2.24) is 0 Å². The lowest BCUT2D eigenvalue weighted by atomic mass is 10.1. The molecule has 174 valence electrons. The third-order valence-corrected chi connectivity index (χ3v) is 6.13. The Morgan fingerprint density at radius 2 is 0.938 bits per heavy atom. The summed E-state index contributed by atoms with van der Waals surface area (Å²) in [5.41, 5.74) is 2.78. The van der Waals surface area contributed by atoms with E-state index in [-0.39, 0.29) is 23.0 Å². The summed E-state index contributed by atoms with van der Waals surface area (Å²) in [7, 11) is -8.07. The van der Waals surface area contributed by atoms with Gasteiger partial charge < -0.3 is 10.2 Å². The van der Waals surface area contributed by atoms with Crippen LogP contribution in [0.15, 0.2) is 82.6 Å². The topological polar surface area (TPSA) is 149 Å². The van der Waals surface area contributed by atoms with Crippen LogP contribution in [-0.4, -0.2) is 36.2 Å². The van der Waals surface area contributed by atoms with E-state index < -0.39 is 20.2 Å². The fraction of sp³-hybridized carbons (Fsp3) is 0.182. The highest BCUT2D eigenvalue weighted by atomic mass is 32.2. The fourth-order valence-corrected chi connectivity index (χ4v) is 3.97. The summed E-state index contributed by atoms with van der Waals surface area (Å²) < 4.78 is 59.7. The standard InChI is InChI=1S/C8H10O2.2C7H8O3S/c9-5-7-2-1-3-8(4-7)6-10;2*1-6-4-2-3-5-7(6)11(8,9)10/h1-4,9-10H,5-6H2;2*2-5H,1H3,(H,8,9,10). The van der Waals surface area contributed by atoms with E-state index in [0.29, 0.717) is 11.1 Å². The van der Waals surface area contributed by atoms with Crippen LogP contribution in [0.3, 0.4) is 0 Å². The predicted octanol–water partition coefficient (Wildman–Crippen LogP) is 3.15. The lowest BCUT2D eigenvalue weighted by molar-refractivity contribution is 0.275. The minimum atomic E-state index is -4.03. The van der Waals surface area contributed by atoms with Crippen molar-refractivity contribution in [2.45, 2.75) is 36.9 Å². The van der Waals surface area contributed by atoms with Gasteiger partial charge >= 0.3 is 0 Å². The molecule has 3 aromatic carbocycles. The van der Waals surface area contributed by atoms with Gasteiger partial charge in [0, 0.05) is 0 Å². The average molecular weight is 483 g/mol. The zero-order chi connectivity index (χ0) is 24.4. The van der Waals surface area contributed by atoms with Gasteiger partial charge in [-0.15, -0.1) is 0 Å². The van der Waals surface area contributed by atoms with Crippen LogP contribution >= 0.6 is 0 Å². The molecule has 0 saturated carbocycles. The van der Waals surface area contributed by atoms with Crippen molar-refractivity contribution in [1.29, 1.82) is 0 Å². The Bertz CT molecular complexity index is 1130. The molecule has 0 saturated heterocycles. The minimum absolute atomic E-state index is 0.0278. The molecular formula is C22H26O8S2. The predicted molar refractivity (Wildman–Crippen MR) is 120 cm³/mol. The number of aryl methyl sites for hydroxylation is 2. The number of benzene rings is 3. The Hall–Kier alpha value is -2.60. The molecule has 0 aliphatic carbocycles. The van der Waals surface area contributed by atoms with Crippen LogP contribution in [0.25, 0.3) is 0 Å². The quantitative estimate of drug-likeness (QED) is 0.414. The molecule has 0 atom stereocenters. The van der Waals surface area contributed by atoms with Gasteiger partial charge in [-0.3, -0.25) is 9.11 Å². The maximum absolute atomic E-state index is 10.6. The maximum Gasteiger partial charge on any atom is 0.294 e. The van der Waals surface area contributed by atoms with Gasteiger partial charge in [0.1, 0.15) is 0 Å². The summed E-state index contributed by atoms with van der Waals surface area (Å²) in [6.07, 6.45) is 0. The second-order valence-electron chi connectivity index (χ2n) is 6.62. The van der Waals surface area contributed by atoms with Gasteiger partial charge in [-0.2, -0.15) is 16.8 Å². The molecule has 4 N–H and O–H groups in total. The number of hydrogen-bond acceptors (Lipinski definition) is 6. The fourth-order valence-electron chi connectivity index (χ4n) is 2.52. The first-order valence-electron chi connectivity index (χ1n) is 9.26. The summed E-state index contributed by atoms with van der Waals surface area (Å²) in [4.78, 5) is -0.0556. The monoisotopic (exact) mass is 482 g/mol. The summed E-state index contributed by atoms with van der Waals surface area (Å²) in [6, 6.07) is 19.8.